The first-order chi connectivity index (χ1) is 22.5. The zero-order valence-corrected chi connectivity index (χ0v) is 34.6. The number of unbranched alkanes of at least 4 members (excludes halogenated alkanes) is 2. The fraction of sp³-hybridized carbons (Fsp3) is 0.938. The third-order valence-electron chi connectivity index (χ3n) is 6.76. The Labute approximate surface area is 314 Å². The van der Waals surface area contributed by atoms with Crippen molar-refractivity contribution in [3.63, 3.8) is 0 Å². The van der Waals surface area contributed by atoms with Crippen LogP contribution >= 0.6 is 94.1 Å². The number of hydrogen-bond acceptors (Lipinski definition) is 12. The van der Waals surface area contributed by atoms with E-state index in [1.165, 1.54) is 58.9 Å². The van der Waals surface area contributed by atoms with Crippen LogP contribution in [0.25, 0.3) is 0 Å². The Morgan fingerprint density at radius 3 is 1.07 bits per heavy atom. The lowest BCUT2D eigenvalue weighted by Gasteiger charge is -2.22. The molecule has 6 nitrogen and oxygen atoms in total. The van der Waals surface area contributed by atoms with Gasteiger partial charge in [0.25, 0.3) is 0 Å². The van der Waals surface area contributed by atoms with Crippen molar-refractivity contribution >= 4 is 106 Å². The largest absolute Gasteiger partial charge is 0.479 e. The predicted octanol–water partition coefficient (Wildman–Crippen LogP) is 8.70. The molecule has 2 saturated heterocycles. The molecule has 0 aliphatic carbocycles. The number of rotatable bonds is 12. The summed E-state index contributed by atoms with van der Waals surface area (Å²) in [4.78, 5) is 22.8. The van der Waals surface area contributed by atoms with E-state index in [2.05, 4.69) is 13.8 Å². The van der Waals surface area contributed by atoms with Gasteiger partial charge < -0.3 is 19.7 Å². The van der Waals surface area contributed by atoms with E-state index in [1.54, 1.807) is 0 Å². The van der Waals surface area contributed by atoms with Crippen molar-refractivity contribution in [2.24, 2.45) is 0 Å². The molecule has 2 aliphatic rings. The minimum atomic E-state index is -0.807. The number of carbonyl (C=O) groups is 2. The molecule has 2 rings (SSSR count). The lowest BCUT2D eigenvalue weighted by molar-refractivity contribution is -0.154. The minimum Gasteiger partial charge on any atom is -0.479 e. The smallest absolute Gasteiger partial charge is 0.332 e. The van der Waals surface area contributed by atoms with Gasteiger partial charge in [0.2, 0.25) is 0 Å². The summed E-state index contributed by atoms with van der Waals surface area (Å²) in [6.45, 7) is 4.17. The highest BCUT2D eigenvalue weighted by molar-refractivity contribution is 8.04. The van der Waals surface area contributed by atoms with Gasteiger partial charge in [0.1, 0.15) is 0 Å². The summed E-state index contributed by atoms with van der Waals surface area (Å²) in [7, 11) is 0. The summed E-state index contributed by atoms with van der Waals surface area (Å²) < 4.78 is 11.9. The Bertz CT molecular complexity index is 640. The summed E-state index contributed by atoms with van der Waals surface area (Å²) >= 11 is 15.8. The first-order valence-corrected chi connectivity index (χ1v) is 26.1. The van der Waals surface area contributed by atoms with Crippen LogP contribution < -0.4 is 0 Å². The molecule has 2 aliphatic heterocycles. The molecule has 2 unspecified atom stereocenters. The molecule has 2 fully saturated rings. The molecule has 0 spiro atoms. The van der Waals surface area contributed by atoms with Gasteiger partial charge in [-0.2, -0.15) is 94.1 Å². The van der Waals surface area contributed by atoms with E-state index in [0.717, 1.165) is 71.7 Å². The van der Waals surface area contributed by atoms with Crippen LogP contribution in [0, 0.1) is 0 Å². The number of hydrogen-bond donors (Lipinski definition) is 2. The van der Waals surface area contributed by atoms with Crippen molar-refractivity contribution in [1.29, 1.82) is 0 Å². The lowest BCUT2D eigenvalue weighted by Crippen LogP contribution is -2.32. The molecule has 0 aromatic heterocycles. The van der Waals surface area contributed by atoms with Crippen LogP contribution in [0.3, 0.4) is 0 Å². The molecule has 46 heavy (non-hydrogen) atoms. The molecule has 272 valence electrons. The van der Waals surface area contributed by atoms with Crippen LogP contribution in [-0.2, 0) is 19.1 Å². The van der Waals surface area contributed by atoms with Crippen LogP contribution in [0.4, 0.5) is 0 Å². The summed E-state index contributed by atoms with van der Waals surface area (Å²) in [6, 6.07) is 0. The Kier molecular flexibility index (Phi) is 33.6. The number of thioether (sulfide) groups is 8. The van der Waals surface area contributed by atoms with Crippen molar-refractivity contribution in [3.05, 3.63) is 0 Å². The highest BCUT2D eigenvalue weighted by atomic mass is 32.2. The van der Waals surface area contributed by atoms with Gasteiger partial charge in [-0.1, -0.05) is 39.5 Å². The van der Waals surface area contributed by atoms with Crippen molar-refractivity contribution in [3.8, 4) is 0 Å². The molecule has 14 heteroatoms. The van der Waals surface area contributed by atoms with Crippen LogP contribution in [0.5, 0.6) is 0 Å². The predicted molar refractivity (Wildman–Crippen MR) is 219 cm³/mol. The van der Waals surface area contributed by atoms with Crippen molar-refractivity contribution < 1.29 is 29.3 Å². The Morgan fingerprint density at radius 1 is 0.522 bits per heavy atom. The zero-order chi connectivity index (χ0) is 33.5. The highest BCUT2D eigenvalue weighted by Crippen LogP contribution is 2.21. The van der Waals surface area contributed by atoms with Crippen molar-refractivity contribution in [2.75, 3.05) is 92.0 Å². The second-order valence-electron chi connectivity index (χ2n) is 10.9. The number of carboxylic acid groups (broad SMARTS) is 2. The van der Waals surface area contributed by atoms with Gasteiger partial charge in [-0.3, -0.25) is 0 Å². The molecular formula is C32H60O6S8. The van der Waals surface area contributed by atoms with E-state index in [9.17, 15) is 19.8 Å². The quantitative estimate of drug-likeness (QED) is 0.197. The molecule has 0 aromatic rings. The van der Waals surface area contributed by atoms with Crippen LogP contribution in [-0.4, -0.2) is 139 Å². The average molecular weight is 797 g/mol. The minimum absolute atomic E-state index is 0.0564. The van der Waals surface area contributed by atoms with Crippen molar-refractivity contribution in [1.82, 2.24) is 0 Å². The molecular weight excluding hydrogens is 737 g/mol. The first-order valence-electron chi connectivity index (χ1n) is 16.9. The van der Waals surface area contributed by atoms with E-state index in [4.69, 9.17) is 9.47 Å². The first kappa shape index (κ1) is 45.7. The van der Waals surface area contributed by atoms with E-state index in [1.807, 2.05) is 94.1 Å². The zero-order valence-electron chi connectivity index (χ0n) is 28.1. The Hall–Kier alpha value is 1.66. The molecule has 0 radical (unpaired) electrons. The fourth-order valence-electron chi connectivity index (χ4n) is 4.26. The third-order valence-corrected chi connectivity index (χ3v) is 16.5. The number of aliphatic carboxylic acids is 2. The normalized spacial score (nSPS) is 21.4. The SMILES string of the molecule is CCCCC(OC1CSCCSCCCSCCSC1)C(=O)O.CCCCC(OC1CSCCSCCCSCCSC1)C(=O)O. The molecule has 0 bridgehead atoms. The summed E-state index contributed by atoms with van der Waals surface area (Å²) in [6.07, 6.45) is 6.57. The maximum Gasteiger partial charge on any atom is 0.332 e. The maximum atomic E-state index is 11.4. The molecule has 0 saturated carbocycles. The van der Waals surface area contributed by atoms with E-state index >= 15 is 0 Å². The van der Waals surface area contributed by atoms with Gasteiger partial charge in [0, 0.05) is 69.0 Å². The highest BCUT2D eigenvalue weighted by Gasteiger charge is 2.24. The molecule has 2 atom stereocenters. The van der Waals surface area contributed by atoms with Gasteiger partial charge in [0.05, 0.1) is 12.2 Å². The molecule has 0 amide bonds. The lowest BCUT2D eigenvalue weighted by atomic mass is 10.1. The van der Waals surface area contributed by atoms with Crippen LogP contribution in [0.2, 0.25) is 0 Å². The van der Waals surface area contributed by atoms with Gasteiger partial charge in [-0.25, -0.2) is 9.59 Å². The summed E-state index contributed by atoms with van der Waals surface area (Å²) in [5, 5.41) is 18.7. The number of carboxylic acids is 2. The van der Waals surface area contributed by atoms with Crippen LogP contribution in [0.1, 0.15) is 65.2 Å². The van der Waals surface area contributed by atoms with E-state index in [-0.39, 0.29) is 12.2 Å². The molecule has 0 aromatic carbocycles. The number of ether oxygens (including phenoxy) is 2. The van der Waals surface area contributed by atoms with Gasteiger partial charge >= 0.3 is 11.9 Å². The van der Waals surface area contributed by atoms with Gasteiger partial charge in [-0.15, -0.1) is 0 Å². The summed E-state index contributed by atoms with van der Waals surface area (Å²) in [5.74, 6) is 16.4. The monoisotopic (exact) mass is 796 g/mol. The van der Waals surface area contributed by atoms with E-state index in [0.29, 0.717) is 12.8 Å². The Morgan fingerprint density at radius 2 is 0.804 bits per heavy atom. The second-order valence-corrected chi connectivity index (χ2v) is 20.4. The van der Waals surface area contributed by atoms with Crippen molar-refractivity contribution in [2.45, 2.75) is 89.6 Å². The van der Waals surface area contributed by atoms with Gasteiger partial charge in [0.15, 0.2) is 12.2 Å². The third kappa shape index (κ3) is 27.4. The standard InChI is InChI=1S/2C16H30O3S4/c2*1-2-3-5-15(16(17)18)19-14-12-22-10-8-20-6-4-7-21-9-11-23-13-14/h2*14-15H,2-13H2,1H3,(H,17,18). The average Bonchev–Trinajstić information content (AvgIpc) is 3.04. The van der Waals surface area contributed by atoms with E-state index < -0.39 is 24.1 Å². The van der Waals surface area contributed by atoms with Gasteiger partial charge in [-0.05, 0) is 48.7 Å². The maximum absolute atomic E-state index is 11.4. The fourth-order valence-corrected chi connectivity index (χ4v) is 13.4. The Balaban J connectivity index is 0.000000460. The molecule has 2 N–H and O–H groups in total. The summed E-state index contributed by atoms with van der Waals surface area (Å²) in [5.41, 5.74) is 0. The molecule has 2 heterocycles. The van der Waals surface area contributed by atoms with Crippen LogP contribution in [0.15, 0.2) is 0 Å². The second kappa shape index (κ2) is 33.8. The topological polar surface area (TPSA) is 93.1 Å².